The first kappa shape index (κ1) is 13.1. The van der Waals surface area contributed by atoms with Crippen LogP contribution in [-0.2, 0) is 0 Å². The van der Waals surface area contributed by atoms with Gasteiger partial charge in [0.2, 0.25) is 0 Å². The monoisotopic (exact) mass is 218 g/mol. The Kier molecular flexibility index (Phi) is 5.99. The summed E-state index contributed by atoms with van der Waals surface area (Å²) in [5, 5.41) is 0. The second-order valence-corrected chi connectivity index (χ2v) is 4.61. The van der Waals surface area contributed by atoms with Gasteiger partial charge in [-0.2, -0.15) is 0 Å². The lowest BCUT2D eigenvalue weighted by atomic mass is 10.1. The Hall–Kier alpha value is -0.980. The van der Waals surface area contributed by atoms with E-state index in [2.05, 4.69) is 43.9 Å². The minimum Gasteiger partial charge on any atom is -0.369 e. The molecule has 89 valence electrons. The van der Waals surface area contributed by atoms with Crippen molar-refractivity contribution in [1.82, 2.24) is 0 Å². The molecule has 0 amide bonds. The van der Waals surface area contributed by atoms with E-state index >= 15 is 0 Å². The Morgan fingerprint density at radius 1 is 1.12 bits per heavy atom. The number of hydrogen-bond donors (Lipinski definition) is 0. The van der Waals surface area contributed by atoms with Gasteiger partial charge in [0.25, 0.3) is 0 Å². The molecule has 0 aliphatic heterocycles. The molecule has 0 spiro atoms. The maximum Gasteiger partial charge on any atom is 0.0368 e. The van der Waals surface area contributed by atoms with E-state index in [-0.39, 0.29) is 0 Å². The van der Waals surface area contributed by atoms with Gasteiger partial charge in [-0.1, -0.05) is 38.3 Å². The van der Waals surface area contributed by atoms with Gasteiger partial charge in [0, 0.05) is 18.3 Å². The fourth-order valence-corrected chi connectivity index (χ4v) is 1.96. The van der Waals surface area contributed by atoms with Crippen molar-refractivity contribution < 1.29 is 0 Å². The van der Waals surface area contributed by atoms with E-state index in [4.69, 9.17) is 0 Å². The normalized spacial score (nSPS) is 10.8. The Morgan fingerprint density at radius 2 is 1.81 bits per heavy atom. The smallest absolute Gasteiger partial charge is 0.0368 e. The van der Waals surface area contributed by atoms with Crippen LogP contribution in [0, 0.1) is 6.07 Å². The van der Waals surface area contributed by atoms with E-state index in [1.165, 1.54) is 37.9 Å². The van der Waals surface area contributed by atoms with Gasteiger partial charge in [-0.05, 0) is 38.5 Å². The minimum atomic E-state index is 0.573. The summed E-state index contributed by atoms with van der Waals surface area (Å²) in [7, 11) is 0. The first-order valence-electron chi connectivity index (χ1n) is 6.48. The van der Waals surface area contributed by atoms with Crippen LogP contribution in [0.4, 0.5) is 5.69 Å². The quantitative estimate of drug-likeness (QED) is 0.617. The predicted octanol–water partition coefficient (Wildman–Crippen LogP) is 4.28. The van der Waals surface area contributed by atoms with E-state index in [0.717, 1.165) is 0 Å². The van der Waals surface area contributed by atoms with Gasteiger partial charge < -0.3 is 4.90 Å². The highest BCUT2D eigenvalue weighted by atomic mass is 15.1. The molecular weight excluding hydrogens is 194 g/mol. The fraction of sp³-hybridized carbons (Fsp3) is 0.600. The Morgan fingerprint density at radius 3 is 2.38 bits per heavy atom. The molecule has 1 heteroatoms. The van der Waals surface area contributed by atoms with Crippen LogP contribution in [0.5, 0.6) is 0 Å². The van der Waals surface area contributed by atoms with Gasteiger partial charge in [-0.15, -0.1) is 0 Å². The van der Waals surface area contributed by atoms with Crippen molar-refractivity contribution in [3.8, 4) is 0 Å². The van der Waals surface area contributed by atoms with Crippen molar-refractivity contribution in [2.75, 3.05) is 11.4 Å². The van der Waals surface area contributed by atoms with Crippen LogP contribution in [0.25, 0.3) is 0 Å². The molecule has 1 rings (SSSR count). The highest BCUT2D eigenvalue weighted by molar-refractivity contribution is 5.46. The standard InChI is InChI=1S/C15H24N/c1-4-5-6-10-13-16(14(2)3)15-11-8-7-9-12-15/h8-9,11-12,14H,4-6,10,13H2,1-3H3. The van der Waals surface area contributed by atoms with Crippen LogP contribution in [-0.4, -0.2) is 12.6 Å². The average molecular weight is 218 g/mol. The van der Waals surface area contributed by atoms with Crippen LogP contribution < -0.4 is 4.90 Å². The highest BCUT2D eigenvalue weighted by Crippen LogP contribution is 2.17. The molecule has 1 aromatic carbocycles. The molecule has 0 fully saturated rings. The van der Waals surface area contributed by atoms with Gasteiger partial charge in [-0.3, -0.25) is 0 Å². The molecule has 1 radical (unpaired) electrons. The zero-order valence-electron chi connectivity index (χ0n) is 10.9. The third-order valence-corrected chi connectivity index (χ3v) is 2.91. The average Bonchev–Trinajstić information content (AvgIpc) is 2.30. The number of nitrogens with zero attached hydrogens (tertiary/aromatic N) is 1. The Balaban J connectivity index is 2.49. The largest absolute Gasteiger partial charge is 0.369 e. The molecule has 0 aromatic heterocycles. The Bertz CT molecular complexity index is 266. The van der Waals surface area contributed by atoms with Crippen LogP contribution in [0.15, 0.2) is 24.3 Å². The molecule has 0 unspecified atom stereocenters. The van der Waals surface area contributed by atoms with Crippen LogP contribution >= 0.6 is 0 Å². The second-order valence-electron chi connectivity index (χ2n) is 4.61. The fourth-order valence-electron chi connectivity index (χ4n) is 1.96. The molecule has 0 aliphatic rings. The minimum absolute atomic E-state index is 0.573. The van der Waals surface area contributed by atoms with Crippen LogP contribution in [0.1, 0.15) is 46.5 Å². The van der Waals surface area contributed by atoms with Gasteiger partial charge in [0.05, 0.1) is 0 Å². The van der Waals surface area contributed by atoms with E-state index in [9.17, 15) is 0 Å². The number of unbranched alkanes of at least 4 members (excludes halogenated alkanes) is 3. The second kappa shape index (κ2) is 7.32. The summed E-state index contributed by atoms with van der Waals surface area (Å²) in [5.74, 6) is 0. The van der Waals surface area contributed by atoms with E-state index in [0.29, 0.717) is 6.04 Å². The van der Waals surface area contributed by atoms with Crippen molar-refractivity contribution in [3.63, 3.8) is 0 Å². The van der Waals surface area contributed by atoms with Crippen LogP contribution in [0.3, 0.4) is 0 Å². The molecule has 0 bridgehead atoms. The third kappa shape index (κ3) is 4.26. The summed E-state index contributed by atoms with van der Waals surface area (Å²) in [4.78, 5) is 2.48. The van der Waals surface area contributed by atoms with E-state index in [1.54, 1.807) is 0 Å². The Labute approximate surface area is 100 Å². The van der Waals surface area contributed by atoms with Crippen molar-refractivity contribution in [2.24, 2.45) is 0 Å². The van der Waals surface area contributed by atoms with Gasteiger partial charge >= 0.3 is 0 Å². The van der Waals surface area contributed by atoms with Crippen molar-refractivity contribution in [2.45, 2.75) is 52.5 Å². The zero-order valence-corrected chi connectivity index (χ0v) is 10.9. The summed E-state index contributed by atoms with van der Waals surface area (Å²) in [6.07, 6.45) is 5.31. The lowest BCUT2D eigenvalue weighted by molar-refractivity contribution is 0.608. The molecule has 16 heavy (non-hydrogen) atoms. The molecule has 0 saturated heterocycles. The van der Waals surface area contributed by atoms with Gasteiger partial charge in [0.1, 0.15) is 0 Å². The maximum atomic E-state index is 3.08. The molecular formula is C15H24N. The molecule has 0 atom stereocenters. The van der Waals surface area contributed by atoms with E-state index < -0.39 is 0 Å². The number of anilines is 1. The lowest BCUT2D eigenvalue weighted by Gasteiger charge is -2.29. The van der Waals surface area contributed by atoms with Crippen molar-refractivity contribution in [3.05, 3.63) is 30.3 Å². The molecule has 0 heterocycles. The number of rotatable bonds is 7. The molecule has 0 aliphatic carbocycles. The molecule has 1 nitrogen and oxygen atoms in total. The summed E-state index contributed by atoms with van der Waals surface area (Å²) in [6, 6.07) is 11.9. The summed E-state index contributed by atoms with van der Waals surface area (Å²) >= 11 is 0. The SMILES string of the molecule is CCCCCCN(c1cc[c]cc1)C(C)C. The third-order valence-electron chi connectivity index (χ3n) is 2.91. The number of benzene rings is 1. The first-order chi connectivity index (χ1) is 7.75. The molecule has 0 N–H and O–H groups in total. The first-order valence-corrected chi connectivity index (χ1v) is 6.48. The topological polar surface area (TPSA) is 3.24 Å². The summed E-state index contributed by atoms with van der Waals surface area (Å²) in [6.45, 7) is 7.95. The highest BCUT2D eigenvalue weighted by Gasteiger charge is 2.08. The molecule has 1 aromatic rings. The maximum absolute atomic E-state index is 3.08. The summed E-state index contributed by atoms with van der Waals surface area (Å²) in [5.41, 5.74) is 1.32. The van der Waals surface area contributed by atoms with Crippen molar-refractivity contribution >= 4 is 5.69 Å². The zero-order chi connectivity index (χ0) is 11.8. The van der Waals surface area contributed by atoms with E-state index in [1.807, 2.05) is 12.1 Å². The van der Waals surface area contributed by atoms with Gasteiger partial charge in [0.15, 0.2) is 0 Å². The summed E-state index contributed by atoms with van der Waals surface area (Å²) < 4.78 is 0. The van der Waals surface area contributed by atoms with Gasteiger partial charge in [-0.25, -0.2) is 0 Å². The van der Waals surface area contributed by atoms with Crippen LogP contribution in [0.2, 0.25) is 0 Å². The predicted molar refractivity (Wildman–Crippen MR) is 71.9 cm³/mol. The van der Waals surface area contributed by atoms with Crippen molar-refractivity contribution in [1.29, 1.82) is 0 Å². The molecule has 0 saturated carbocycles. The number of hydrogen-bond acceptors (Lipinski definition) is 1. The lowest BCUT2D eigenvalue weighted by Crippen LogP contribution is -2.31.